The molecule has 0 aliphatic carbocycles. The fourth-order valence-electron chi connectivity index (χ4n) is 4.47. The lowest BCUT2D eigenvalue weighted by atomic mass is 10.1. The van der Waals surface area contributed by atoms with Gasteiger partial charge in [-0.2, -0.15) is 0 Å². The molecule has 1 saturated heterocycles. The zero-order chi connectivity index (χ0) is 21.9. The van der Waals surface area contributed by atoms with Gasteiger partial charge in [0, 0.05) is 31.9 Å². The molecule has 2 aliphatic heterocycles. The summed E-state index contributed by atoms with van der Waals surface area (Å²) in [4.78, 5) is 4.76. The zero-order valence-corrected chi connectivity index (χ0v) is 18.2. The second-order valence-electron chi connectivity index (χ2n) is 8.19. The molecule has 0 N–H and O–H groups in total. The molecule has 1 atom stereocenters. The Labute approximate surface area is 186 Å². The number of rotatable bonds is 7. The van der Waals surface area contributed by atoms with Crippen LogP contribution in [0.15, 0.2) is 42.5 Å². The number of hydrogen-bond donors (Lipinski definition) is 0. The summed E-state index contributed by atoms with van der Waals surface area (Å²) in [6.45, 7) is 6.60. The molecule has 8 nitrogen and oxygen atoms in total. The number of anilines is 1. The van der Waals surface area contributed by atoms with Crippen molar-refractivity contribution in [3.05, 3.63) is 59.7 Å². The maximum Gasteiger partial charge on any atom is 0.231 e. The lowest BCUT2D eigenvalue weighted by molar-refractivity contribution is 0.164. The third-order valence-corrected chi connectivity index (χ3v) is 6.14. The average Bonchev–Trinajstić information content (AvgIpc) is 3.47. The first kappa shape index (κ1) is 20.7. The van der Waals surface area contributed by atoms with E-state index in [2.05, 4.69) is 32.2 Å². The van der Waals surface area contributed by atoms with E-state index >= 15 is 0 Å². The Kier molecular flexibility index (Phi) is 5.89. The SMILES string of the molecule is CCC[C@H](c1nnnn1Cc1ccc2c(c1)OCO2)N1CCN(c2ccc(F)cc2)CC1. The van der Waals surface area contributed by atoms with Crippen LogP contribution in [0.4, 0.5) is 10.1 Å². The summed E-state index contributed by atoms with van der Waals surface area (Å²) in [7, 11) is 0. The van der Waals surface area contributed by atoms with E-state index < -0.39 is 0 Å². The molecular weight excluding hydrogens is 411 g/mol. The molecule has 32 heavy (non-hydrogen) atoms. The van der Waals surface area contributed by atoms with E-state index in [9.17, 15) is 4.39 Å². The molecule has 1 fully saturated rings. The van der Waals surface area contributed by atoms with Crippen LogP contribution in [0.3, 0.4) is 0 Å². The van der Waals surface area contributed by atoms with Crippen molar-refractivity contribution in [3.63, 3.8) is 0 Å². The minimum absolute atomic E-state index is 0.152. The minimum atomic E-state index is -0.204. The lowest BCUT2D eigenvalue weighted by Gasteiger charge is -2.39. The molecule has 0 saturated carbocycles. The van der Waals surface area contributed by atoms with Crippen LogP contribution in [0.1, 0.15) is 37.2 Å². The standard InChI is InChI=1S/C23H27FN6O2/c1-2-3-20(29-12-10-28(11-13-29)19-7-5-18(24)6-8-19)23-25-26-27-30(23)15-17-4-9-21-22(14-17)32-16-31-21/h4-9,14,20H,2-3,10-13,15-16H2,1H3/t20-/m1/s1. The molecule has 0 bridgehead atoms. The maximum atomic E-state index is 13.3. The van der Waals surface area contributed by atoms with Gasteiger partial charge in [-0.05, 0) is 58.8 Å². The Morgan fingerprint density at radius 1 is 1.00 bits per heavy atom. The van der Waals surface area contributed by atoms with Gasteiger partial charge in [0.25, 0.3) is 0 Å². The predicted octanol–water partition coefficient (Wildman–Crippen LogP) is 3.25. The largest absolute Gasteiger partial charge is 0.454 e. The van der Waals surface area contributed by atoms with E-state index in [1.807, 2.05) is 35.0 Å². The van der Waals surface area contributed by atoms with E-state index in [4.69, 9.17) is 9.47 Å². The maximum absolute atomic E-state index is 13.3. The molecule has 0 amide bonds. The van der Waals surface area contributed by atoms with E-state index in [0.29, 0.717) is 6.54 Å². The Bertz CT molecular complexity index is 1050. The number of piperazine rings is 1. The number of ether oxygens (including phenoxy) is 2. The van der Waals surface area contributed by atoms with Gasteiger partial charge in [0.2, 0.25) is 6.79 Å². The van der Waals surface area contributed by atoms with Crippen LogP contribution in [0.2, 0.25) is 0 Å². The molecule has 3 aromatic rings. The van der Waals surface area contributed by atoms with E-state index in [-0.39, 0.29) is 18.7 Å². The van der Waals surface area contributed by atoms with Crippen molar-refractivity contribution >= 4 is 5.69 Å². The monoisotopic (exact) mass is 438 g/mol. The third-order valence-electron chi connectivity index (χ3n) is 6.14. The van der Waals surface area contributed by atoms with Crippen LogP contribution < -0.4 is 14.4 Å². The van der Waals surface area contributed by atoms with Crippen LogP contribution in [0, 0.1) is 5.82 Å². The summed E-state index contributed by atoms with van der Waals surface area (Å²) in [5.41, 5.74) is 2.13. The second-order valence-corrected chi connectivity index (χ2v) is 8.19. The molecule has 0 spiro atoms. The lowest BCUT2D eigenvalue weighted by Crippen LogP contribution is -2.48. The van der Waals surface area contributed by atoms with Gasteiger partial charge >= 0.3 is 0 Å². The molecule has 5 rings (SSSR count). The van der Waals surface area contributed by atoms with Crippen LogP contribution in [-0.4, -0.2) is 58.1 Å². The zero-order valence-electron chi connectivity index (χ0n) is 18.2. The van der Waals surface area contributed by atoms with Crippen molar-refractivity contribution in [1.82, 2.24) is 25.1 Å². The highest BCUT2D eigenvalue weighted by Gasteiger charge is 2.29. The molecule has 0 unspecified atom stereocenters. The van der Waals surface area contributed by atoms with Crippen molar-refractivity contribution in [2.75, 3.05) is 37.9 Å². The fourth-order valence-corrected chi connectivity index (χ4v) is 4.47. The van der Waals surface area contributed by atoms with Crippen LogP contribution in [-0.2, 0) is 6.54 Å². The molecule has 1 aromatic heterocycles. The van der Waals surface area contributed by atoms with E-state index in [1.165, 1.54) is 12.1 Å². The van der Waals surface area contributed by atoms with Gasteiger partial charge in [-0.25, -0.2) is 9.07 Å². The first-order chi connectivity index (χ1) is 15.7. The highest BCUT2D eigenvalue weighted by molar-refractivity contribution is 5.47. The molecule has 2 aliphatic rings. The molecule has 9 heteroatoms. The Balaban J connectivity index is 1.29. The van der Waals surface area contributed by atoms with Crippen molar-refractivity contribution in [1.29, 1.82) is 0 Å². The highest BCUT2D eigenvalue weighted by Crippen LogP contribution is 2.33. The average molecular weight is 439 g/mol. The van der Waals surface area contributed by atoms with Crippen molar-refractivity contribution < 1.29 is 13.9 Å². The van der Waals surface area contributed by atoms with Gasteiger partial charge in [-0.1, -0.05) is 19.4 Å². The molecule has 0 radical (unpaired) electrons. The van der Waals surface area contributed by atoms with Crippen molar-refractivity contribution in [3.8, 4) is 11.5 Å². The summed E-state index contributed by atoms with van der Waals surface area (Å²) in [5.74, 6) is 2.22. The summed E-state index contributed by atoms with van der Waals surface area (Å²) in [6.07, 6.45) is 2.03. The van der Waals surface area contributed by atoms with Gasteiger partial charge in [0.1, 0.15) is 5.82 Å². The topological polar surface area (TPSA) is 68.5 Å². The van der Waals surface area contributed by atoms with Gasteiger partial charge < -0.3 is 14.4 Å². The Morgan fingerprint density at radius 2 is 1.78 bits per heavy atom. The summed E-state index contributed by atoms with van der Waals surface area (Å²) in [6, 6.07) is 12.8. The number of tetrazole rings is 1. The normalized spacial score (nSPS) is 17.0. The van der Waals surface area contributed by atoms with Crippen LogP contribution in [0.25, 0.3) is 0 Å². The van der Waals surface area contributed by atoms with E-state index in [1.54, 1.807) is 0 Å². The van der Waals surface area contributed by atoms with Crippen molar-refractivity contribution in [2.24, 2.45) is 0 Å². The third kappa shape index (κ3) is 4.25. The number of hydrogen-bond acceptors (Lipinski definition) is 7. The molecule has 2 aromatic carbocycles. The van der Waals surface area contributed by atoms with Gasteiger partial charge in [0.15, 0.2) is 17.3 Å². The second kappa shape index (κ2) is 9.12. The van der Waals surface area contributed by atoms with Crippen LogP contribution >= 0.6 is 0 Å². The van der Waals surface area contributed by atoms with Crippen molar-refractivity contribution in [2.45, 2.75) is 32.4 Å². The fraction of sp³-hybridized carbons (Fsp3) is 0.435. The summed E-state index contributed by atoms with van der Waals surface area (Å²) >= 11 is 0. The molecular formula is C23H27FN6O2. The number of nitrogens with zero attached hydrogens (tertiary/aromatic N) is 6. The first-order valence-electron chi connectivity index (χ1n) is 11.1. The Morgan fingerprint density at radius 3 is 2.56 bits per heavy atom. The number of halogens is 1. The van der Waals surface area contributed by atoms with Gasteiger partial charge in [-0.3, -0.25) is 4.90 Å². The van der Waals surface area contributed by atoms with Gasteiger partial charge in [0.05, 0.1) is 12.6 Å². The number of fused-ring (bicyclic) bond motifs is 1. The first-order valence-corrected chi connectivity index (χ1v) is 11.1. The summed E-state index contributed by atoms with van der Waals surface area (Å²) < 4.78 is 26.1. The quantitative estimate of drug-likeness (QED) is 0.561. The number of benzene rings is 2. The number of aromatic nitrogens is 4. The van der Waals surface area contributed by atoms with Crippen LogP contribution in [0.5, 0.6) is 11.5 Å². The summed E-state index contributed by atoms with van der Waals surface area (Å²) in [5, 5.41) is 12.7. The highest BCUT2D eigenvalue weighted by atomic mass is 19.1. The minimum Gasteiger partial charge on any atom is -0.454 e. The molecule has 168 valence electrons. The predicted molar refractivity (Wildman–Crippen MR) is 117 cm³/mol. The Hall–Kier alpha value is -3.20. The van der Waals surface area contributed by atoms with Gasteiger partial charge in [-0.15, -0.1) is 5.10 Å². The van der Waals surface area contributed by atoms with E-state index in [0.717, 1.165) is 67.6 Å². The smallest absolute Gasteiger partial charge is 0.231 e. The molecule has 3 heterocycles.